The number of ether oxygens (including phenoxy) is 3. The summed E-state index contributed by atoms with van der Waals surface area (Å²) in [6.07, 6.45) is -0.0223. The largest absolute Gasteiger partial charge is 0.497 e. The zero-order valence-corrected chi connectivity index (χ0v) is 22.1. The Labute approximate surface area is 232 Å². The first-order chi connectivity index (χ1) is 18.5. The van der Waals surface area contributed by atoms with Crippen molar-refractivity contribution in [2.24, 2.45) is 0 Å². The number of carbonyl (C=O) groups excluding carboxylic acids is 1. The van der Waals surface area contributed by atoms with Crippen molar-refractivity contribution in [3.8, 4) is 17.2 Å². The molecule has 39 heavy (non-hydrogen) atoms. The molecule has 2 N–H and O–H groups in total. The third-order valence-corrected chi connectivity index (χ3v) is 6.18. The number of halogens is 4. The normalized spacial score (nSPS) is 11.9. The maximum absolute atomic E-state index is 13.3. The van der Waals surface area contributed by atoms with Crippen molar-refractivity contribution in [3.05, 3.63) is 93.5 Å². The molecular formula is C27H23Cl2F2NO7. The van der Waals surface area contributed by atoms with Crippen LogP contribution in [0, 0.1) is 0 Å². The van der Waals surface area contributed by atoms with Crippen LogP contribution in [0.2, 0.25) is 10.0 Å². The topological polar surface area (TPSA) is 106 Å². The first kappa shape index (κ1) is 29.7. The van der Waals surface area contributed by atoms with E-state index in [0.29, 0.717) is 23.1 Å². The fourth-order valence-corrected chi connectivity index (χ4v) is 4.21. The Hall–Kier alpha value is -3.86. The van der Waals surface area contributed by atoms with Gasteiger partial charge in [-0.2, -0.15) is 8.78 Å². The van der Waals surface area contributed by atoms with Crippen LogP contribution in [0.15, 0.2) is 66.7 Å². The van der Waals surface area contributed by atoms with Crippen LogP contribution in [0.5, 0.6) is 17.2 Å². The van der Waals surface area contributed by atoms with Crippen molar-refractivity contribution in [1.82, 2.24) is 0 Å². The van der Waals surface area contributed by atoms with Crippen molar-refractivity contribution in [2.45, 2.75) is 19.3 Å². The summed E-state index contributed by atoms with van der Waals surface area (Å²) in [7, 11) is 2.91. The lowest BCUT2D eigenvalue weighted by Gasteiger charge is -2.27. The van der Waals surface area contributed by atoms with E-state index in [4.69, 9.17) is 37.8 Å². The molecular weight excluding hydrogens is 559 g/mol. The first-order valence-electron chi connectivity index (χ1n) is 11.2. The van der Waals surface area contributed by atoms with Gasteiger partial charge in [-0.3, -0.25) is 4.79 Å². The molecule has 3 rings (SSSR count). The highest BCUT2D eigenvalue weighted by Gasteiger charge is 2.26. The van der Waals surface area contributed by atoms with Gasteiger partial charge in [0.05, 0.1) is 31.5 Å². The van der Waals surface area contributed by atoms with Crippen molar-refractivity contribution in [3.63, 3.8) is 0 Å². The molecule has 0 aliphatic heterocycles. The molecule has 8 nitrogen and oxygen atoms in total. The second-order valence-electron chi connectivity index (χ2n) is 7.92. The minimum Gasteiger partial charge on any atom is -0.497 e. The zero-order valence-electron chi connectivity index (χ0n) is 20.6. The molecule has 3 aromatic rings. The van der Waals surface area contributed by atoms with Gasteiger partial charge in [0.1, 0.15) is 23.4 Å². The number of methoxy groups -OCH3 is 2. The standard InChI is InChI=1S/C27H23Cl2F2NO7/c1-37-17-8-6-15(22(13-17)38-2)14-32(23(33)10-11-24(34)35)20-9-7-16(28)12-19(20)26(36)18-4-3-5-21(25(18)29)39-27(30)31/h3-13,26-27,36H,14H2,1-2H3,(H,34,35)/b11-10+. The lowest BCUT2D eigenvalue weighted by Crippen LogP contribution is -2.30. The fourth-order valence-electron chi connectivity index (χ4n) is 3.75. The van der Waals surface area contributed by atoms with Crippen LogP contribution < -0.4 is 19.1 Å². The Morgan fingerprint density at radius 1 is 0.974 bits per heavy atom. The minimum atomic E-state index is -3.15. The van der Waals surface area contributed by atoms with Gasteiger partial charge >= 0.3 is 12.6 Å². The number of aliphatic hydroxyl groups is 1. The Bertz CT molecular complexity index is 1380. The number of nitrogens with zero attached hydrogens (tertiary/aromatic N) is 1. The van der Waals surface area contributed by atoms with Gasteiger partial charge in [0.2, 0.25) is 0 Å². The van der Waals surface area contributed by atoms with E-state index in [2.05, 4.69) is 4.74 Å². The van der Waals surface area contributed by atoms with Crippen LogP contribution in [0.1, 0.15) is 22.8 Å². The van der Waals surface area contributed by atoms with E-state index in [1.807, 2.05) is 0 Å². The van der Waals surface area contributed by atoms with Crippen molar-refractivity contribution in [2.75, 3.05) is 19.1 Å². The number of hydrogen-bond acceptors (Lipinski definition) is 6. The summed E-state index contributed by atoms with van der Waals surface area (Å²) in [5.41, 5.74) is 0.758. The highest BCUT2D eigenvalue weighted by Crippen LogP contribution is 2.40. The summed E-state index contributed by atoms with van der Waals surface area (Å²) in [5, 5.41) is 20.3. The zero-order chi connectivity index (χ0) is 28.7. The van der Waals surface area contributed by atoms with Gasteiger partial charge in [0.15, 0.2) is 0 Å². The van der Waals surface area contributed by atoms with E-state index in [9.17, 15) is 23.5 Å². The van der Waals surface area contributed by atoms with Crippen LogP contribution in [-0.2, 0) is 16.1 Å². The predicted octanol–water partition coefficient (Wildman–Crippen LogP) is 5.87. The molecule has 206 valence electrons. The van der Waals surface area contributed by atoms with Crippen LogP contribution in [0.3, 0.4) is 0 Å². The molecule has 0 bridgehead atoms. The lowest BCUT2D eigenvalue weighted by atomic mass is 9.98. The van der Waals surface area contributed by atoms with E-state index in [-0.39, 0.29) is 39.2 Å². The summed E-state index contributed by atoms with van der Waals surface area (Å²) in [5.74, 6) is -1.56. The summed E-state index contributed by atoms with van der Waals surface area (Å²) < 4.78 is 40.8. The van der Waals surface area contributed by atoms with Crippen LogP contribution in [0.25, 0.3) is 0 Å². The summed E-state index contributed by atoms with van der Waals surface area (Å²) in [6.45, 7) is -3.27. The number of carboxylic acids is 1. The Kier molecular flexibility index (Phi) is 10.1. The molecule has 0 fully saturated rings. The maximum atomic E-state index is 13.3. The molecule has 0 saturated carbocycles. The van der Waals surface area contributed by atoms with Crippen LogP contribution >= 0.6 is 23.2 Å². The second kappa shape index (κ2) is 13.3. The highest BCUT2D eigenvalue weighted by molar-refractivity contribution is 6.33. The molecule has 0 saturated heterocycles. The minimum absolute atomic E-state index is 0.00818. The number of carboxylic acid groups (broad SMARTS) is 1. The predicted molar refractivity (Wildman–Crippen MR) is 141 cm³/mol. The van der Waals surface area contributed by atoms with Crippen molar-refractivity contribution >= 4 is 40.8 Å². The third-order valence-electron chi connectivity index (χ3n) is 5.54. The molecule has 0 aliphatic carbocycles. The van der Waals surface area contributed by atoms with Gasteiger partial charge in [-0.1, -0.05) is 35.3 Å². The molecule has 0 spiro atoms. The van der Waals surface area contributed by atoms with Crippen molar-refractivity contribution in [1.29, 1.82) is 0 Å². The van der Waals surface area contributed by atoms with Gasteiger partial charge in [0, 0.05) is 39.9 Å². The molecule has 12 heteroatoms. The Morgan fingerprint density at radius 3 is 2.36 bits per heavy atom. The number of amides is 1. The quantitative estimate of drug-likeness (QED) is 0.273. The van der Waals surface area contributed by atoms with E-state index >= 15 is 0 Å². The number of anilines is 1. The second-order valence-corrected chi connectivity index (χ2v) is 8.73. The maximum Gasteiger partial charge on any atom is 0.387 e. The smallest absolute Gasteiger partial charge is 0.387 e. The van der Waals surface area contributed by atoms with E-state index in [1.54, 1.807) is 18.2 Å². The molecule has 3 aromatic carbocycles. The number of hydrogen-bond donors (Lipinski definition) is 2. The molecule has 0 heterocycles. The summed E-state index contributed by atoms with van der Waals surface area (Å²) in [6, 6.07) is 13.2. The van der Waals surface area contributed by atoms with Crippen LogP contribution in [-0.4, -0.2) is 42.9 Å². The van der Waals surface area contributed by atoms with E-state index < -0.39 is 24.6 Å². The Morgan fingerprint density at radius 2 is 1.72 bits per heavy atom. The molecule has 0 aromatic heterocycles. The molecule has 0 radical (unpaired) electrons. The number of aliphatic hydroxyl groups excluding tert-OH is 1. The third kappa shape index (κ3) is 7.38. The number of aliphatic carboxylic acids is 1. The number of benzene rings is 3. The number of carbonyl (C=O) groups is 2. The molecule has 1 amide bonds. The molecule has 0 aliphatic rings. The highest BCUT2D eigenvalue weighted by atomic mass is 35.5. The molecule has 1 atom stereocenters. The Balaban J connectivity index is 2.16. The van der Waals surface area contributed by atoms with Gasteiger partial charge in [-0.05, 0) is 36.4 Å². The summed E-state index contributed by atoms with van der Waals surface area (Å²) >= 11 is 12.5. The fraction of sp³-hybridized carbons (Fsp3) is 0.185. The average molecular weight is 582 g/mol. The van der Waals surface area contributed by atoms with Gasteiger partial charge in [-0.25, -0.2) is 4.79 Å². The average Bonchev–Trinajstić information content (AvgIpc) is 2.91. The SMILES string of the molecule is COc1ccc(CN(C(=O)/C=C/C(=O)O)c2ccc(Cl)cc2C(O)c2cccc(OC(F)F)c2Cl)c(OC)c1. The van der Waals surface area contributed by atoms with E-state index in [1.165, 1.54) is 55.5 Å². The summed E-state index contributed by atoms with van der Waals surface area (Å²) in [4.78, 5) is 25.6. The number of alkyl halides is 2. The van der Waals surface area contributed by atoms with Gasteiger partial charge in [-0.15, -0.1) is 0 Å². The number of rotatable bonds is 11. The monoisotopic (exact) mass is 581 g/mol. The van der Waals surface area contributed by atoms with Crippen LogP contribution in [0.4, 0.5) is 14.5 Å². The van der Waals surface area contributed by atoms with Crippen molar-refractivity contribution < 1.29 is 42.8 Å². The van der Waals surface area contributed by atoms with Gasteiger partial charge < -0.3 is 29.3 Å². The lowest BCUT2D eigenvalue weighted by molar-refractivity contribution is -0.131. The first-order valence-corrected chi connectivity index (χ1v) is 12.0. The van der Waals surface area contributed by atoms with E-state index in [0.717, 1.165) is 6.08 Å². The van der Waals surface area contributed by atoms with Gasteiger partial charge in [0.25, 0.3) is 5.91 Å². The molecule has 1 unspecified atom stereocenters.